The monoisotopic (exact) mass is 423 g/mol. The van der Waals surface area contributed by atoms with E-state index in [1.54, 1.807) is 19.2 Å². The number of nitriles is 1. The number of fused-ring (bicyclic) bond motifs is 1. The molecule has 0 unspecified atom stereocenters. The second kappa shape index (κ2) is 8.02. The zero-order valence-corrected chi connectivity index (χ0v) is 17.5. The molecule has 3 heterocycles. The van der Waals surface area contributed by atoms with Gasteiger partial charge in [-0.1, -0.05) is 0 Å². The van der Waals surface area contributed by atoms with Crippen molar-refractivity contribution >= 4 is 23.3 Å². The molecule has 1 saturated carbocycles. The lowest BCUT2D eigenvalue weighted by molar-refractivity contribution is -0.139. The van der Waals surface area contributed by atoms with E-state index in [1.165, 1.54) is 4.40 Å². The maximum Gasteiger partial charge on any atom is 0.305 e. The number of pyridine rings is 1. The largest absolute Gasteiger partial charge is 0.481 e. The van der Waals surface area contributed by atoms with Crippen LogP contribution in [0.5, 0.6) is 0 Å². The molecule has 31 heavy (non-hydrogen) atoms. The Kier molecular flexibility index (Phi) is 5.39. The molecule has 162 valence electrons. The molecule has 9 nitrogen and oxygen atoms in total. The van der Waals surface area contributed by atoms with Gasteiger partial charge < -0.3 is 15.3 Å². The van der Waals surface area contributed by atoms with Gasteiger partial charge in [0.15, 0.2) is 17.0 Å². The third-order valence-corrected chi connectivity index (χ3v) is 6.23. The summed E-state index contributed by atoms with van der Waals surface area (Å²) in [5.74, 6) is -1.10. The van der Waals surface area contributed by atoms with Gasteiger partial charge in [0.1, 0.15) is 6.07 Å². The van der Waals surface area contributed by atoms with Gasteiger partial charge >= 0.3 is 5.97 Å². The van der Waals surface area contributed by atoms with Crippen molar-refractivity contribution in [2.24, 2.45) is 0 Å². The van der Waals surface area contributed by atoms with Gasteiger partial charge in [0.25, 0.3) is 11.5 Å². The number of carboxylic acids is 1. The van der Waals surface area contributed by atoms with Crippen molar-refractivity contribution in [3.05, 3.63) is 39.3 Å². The zero-order chi connectivity index (χ0) is 22.2. The number of rotatable bonds is 5. The Bertz CT molecular complexity index is 1150. The molecule has 2 aromatic rings. The van der Waals surface area contributed by atoms with Crippen LogP contribution in [0.2, 0.25) is 0 Å². The number of nitrogens with zero attached hydrogens (tertiary/aromatic N) is 4. The number of aryl methyl sites for hydroxylation is 1. The van der Waals surface area contributed by atoms with Gasteiger partial charge in [-0.2, -0.15) is 5.26 Å². The number of aliphatic carboxylic acids is 1. The molecule has 0 radical (unpaired) electrons. The van der Waals surface area contributed by atoms with Gasteiger partial charge in [-0.05, 0) is 57.1 Å². The van der Waals surface area contributed by atoms with Gasteiger partial charge in [0.2, 0.25) is 0 Å². The molecule has 2 N–H and O–H groups in total. The van der Waals surface area contributed by atoms with Gasteiger partial charge in [-0.15, -0.1) is 0 Å². The molecule has 2 fully saturated rings. The first-order chi connectivity index (χ1) is 14.8. The van der Waals surface area contributed by atoms with E-state index in [0.717, 1.165) is 25.7 Å². The summed E-state index contributed by atoms with van der Waals surface area (Å²) in [6.45, 7) is 3.16. The van der Waals surface area contributed by atoms with Crippen LogP contribution in [-0.4, -0.2) is 45.0 Å². The highest BCUT2D eigenvalue weighted by Gasteiger charge is 2.41. The van der Waals surface area contributed by atoms with Crippen molar-refractivity contribution in [2.45, 2.75) is 57.4 Å². The van der Waals surface area contributed by atoms with Crippen LogP contribution < -0.4 is 15.8 Å². The quantitative estimate of drug-likeness (QED) is 0.753. The number of carbonyl (C=O) groups is 2. The lowest BCUT2D eigenvalue weighted by Gasteiger charge is -2.41. The van der Waals surface area contributed by atoms with E-state index in [2.05, 4.69) is 10.3 Å². The topological polar surface area (TPSA) is 128 Å². The van der Waals surface area contributed by atoms with E-state index in [4.69, 9.17) is 0 Å². The van der Waals surface area contributed by atoms with E-state index in [-0.39, 0.29) is 23.2 Å². The Morgan fingerprint density at radius 3 is 2.55 bits per heavy atom. The fourth-order valence-electron chi connectivity index (χ4n) is 4.51. The van der Waals surface area contributed by atoms with Crippen LogP contribution in [0, 0.1) is 18.3 Å². The first-order valence-electron chi connectivity index (χ1n) is 10.6. The molecule has 0 bridgehead atoms. The molecular weight excluding hydrogens is 398 g/mol. The molecule has 1 aliphatic heterocycles. The van der Waals surface area contributed by atoms with Crippen molar-refractivity contribution in [3.8, 4) is 6.07 Å². The number of hydrogen-bond acceptors (Lipinski definition) is 6. The van der Waals surface area contributed by atoms with Gasteiger partial charge in [-0.25, -0.2) is 4.98 Å². The smallest absolute Gasteiger partial charge is 0.305 e. The highest BCUT2D eigenvalue weighted by Crippen LogP contribution is 2.35. The van der Waals surface area contributed by atoms with Crippen molar-refractivity contribution in [3.63, 3.8) is 0 Å². The molecule has 4 rings (SSSR count). The van der Waals surface area contributed by atoms with Crippen LogP contribution in [0.15, 0.2) is 17.1 Å². The summed E-state index contributed by atoms with van der Waals surface area (Å²) >= 11 is 0. The zero-order valence-electron chi connectivity index (χ0n) is 17.5. The fraction of sp³-hybridized carbons (Fsp3) is 0.500. The second-order valence-corrected chi connectivity index (χ2v) is 8.56. The minimum atomic E-state index is -0.963. The summed E-state index contributed by atoms with van der Waals surface area (Å²) in [6, 6.07) is 3.65. The Morgan fingerprint density at radius 2 is 1.97 bits per heavy atom. The van der Waals surface area contributed by atoms with E-state index in [9.17, 15) is 24.8 Å². The minimum absolute atomic E-state index is 0.0299. The maximum atomic E-state index is 13.2. The Balaban J connectivity index is 1.82. The third kappa shape index (κ3) is 3.85. The molecule has 2 aromatic heterocycles. The Morgan fingerprint density at radius 1 is 1.26 bits per heavy atom. The van der Waals surface area contributed by atoms with Crippen molar-refractivity contribution in [1.82, 2.24) is 14.7 Å². The maximum absolute atomic E-state index is 13.2. The van der Waals surface area contributed by atoms with Gasteiger partial charge in [0, 0.05) is 19.3 Å². The van der Waals surface area contributed by atoms with Gasteiger partial charge in [-0.3, -0.25) is 18.8 Å². The summed E-state index contributed by atoms with van der Waals surface area (Å²) in [7, 11) is 0. The van der Waals surface area contributed by atoms with E-state index in [0.29, 0.717) is 37.3 Å². The number of amides is 1. The molecule has 2 aliphatic rings. The summed E-state index contributed by atoms with van der Waals surface area (Å²) < 4.78 is 1.25. The molecule has 1 saturated heterocycles. The number of hydrogen-bond donors (Lipinski definition) is 2. The summed E-state index contributed by atoms with van der Waals surface area (Å²) in [6.07, 6.45) is 6.45. The SMILES string of the molecule is Cc1cc(C(=O)NC2(CC(=O)O)CCC2)c2nc(N3CCCCC3)c(C#N)c(=O)n2c1. The summed E-state index contributed by atoms with van der Waals surface area (Å²) in [4.78, 5) is 44.2. The lowest BCUT2D eigenvalue weighted by atomic mass is 9.74. The Labute approximate surface area is 179 Å². The van der Waals surface area contributed by atoms with Crippen molar-refractivity contribution in [2.75, 3.05) is 18.0 Å². The van der Waals surface area contributed by atoms with Crippen LogP contribution in [0.4, 0.5) is 5.82 Å². The number of nitrogens with one attached hydrogen (secondary N) is 1. The first-order valence-corrected chi connectivity index (χ1v) is 10.6. The number of carboxylic acid groups (broad SMARTS) is 1. The van der Waals surface area contributed by atoms with Crippen LogP contribution >= 0.6 is 0 Å². The van der Waals surface area contributed by atoms with Crippen molar-refractivity contribution in [1.29, 1.82) is 5.26 Å². The highest BCUT2D eigenvalue weighted by molar-refractivity contribution is 6.01. The molecular formula is C22H25N5O4. The lowest BCUT2D eigenvalue weighted by Crippen LogP contribution is -2.54. The predicted molar refractivity (Wildman–Crippen MR) is 113 cm³/mol. The molecule has 0 spiro atoms. The molecule has 0 atom stereocenters. The molecule has 9 heteroatoms. The predicted octanol–water partition coefficient (Wildman–Crippen LogP) is 1.99. The highest BCUT2D eigenvalue weighted by atomic mass is 16.4. The summed E-state index contributed by atoms with van der Waals surface area (Å²) in [5, 5.41) is 21.8. The average Bonchev–Trinajstić information content (AvgIpc) is 2.72. The number of piperidine rings is 1. The van der Waals surface area contributed by atoms with Crippen molar-refractivity contribution < 1.29 is 14.7 Å². The van der Waals surface area contributed by atoms with E-state index in [1.807, 2.05) is 11.0 Å². The Hall–Kier alpha value is -3.41. The first kappa shape index (κ1) is 20.8. The normalized spacial score (nSPS) is 17.6. The molecule has 1 aliphatic carbocycles. The number of aromatic nitrogens is 2. The molecule has 1 amide bonds. The number of carbonyl (C=O) groups excluding carboxylic acids is 1. The van der Waals surface area contributed by atoms with Crippen LogP contribution in [-0.2, 0) is 4.79 Å². The fourth-order valence-corrected chi connectivity index (χ4v) is 4.51. The minimum Gasteiger partial charge on any atom is -0.481 e. The van der Waals surface area contributed by atoms with E-state index < -0.39 is 23.0 Å². The summed E-state index contributed by atoms with van der Waals surface area (Å²) in [5.41, 5.74) is -0.259. The van der Waals surface area contributed by atoms with Gasteiger partial charge in [0.05, 0.1) is 17.5 Å². The van der Waals surface area contributed by atoms with Crippen LogP contribution in [0.1, 0.15) is 66.4 Å². The standard InChI is InChI=1S/C22H25N5O4/c1-14-10-15(20(30)25-22(6-5-7-22)11-17(28)29)19-24-18(26-8-3-2-4-9-26)16(12-23)21(31)27(19)13-14/h10,13H,2-9,11H2,1H3,(H,25,30)(H,28,29). The molecule has 0 aromatic carbocycles. The number of anilines is 1. The van der Waals surface area contributed by atoms with Crippen LogP contribution in [0.3, 0.4) is 0 Å². The van der Waals surface area contributed by atoms with Crippen LogP contribution in [0.25, 0.3) is 5.65 Å². The van der Waals surface area contributed by atoms with E-state index >= 15 is 0 Å². The average molecular weight is 423 g/mol. The third-order valence-electron chi connectivity index (χ3n) is 6.23. The second-order valence-electron chi connectivity index (χ2n) is 8.56.